The van der Waals surface area contributed by atoms with Crippen LogP contribution in [0.4, 0.5) is 0 Å². The molecule has 1 aromatic heterocycles. The van der Waals surface area contributed by atoms with E-state index in [4.69, 9.17) is 4.98 Å². The second kappa shape index (κ2) is 10.6. The molecule has 0 aliphatic carbocycles. The lowest BCUT2D eigenvalue weighted by molar-refractivity contribution is 1.34. The molecule has 9 aromatic carbocycles. The molecule has 0 unspecified atom stereocenters. The fourth-order valence-corrected chi connectivity index (χ4v) is 7.95. The van der Waals surface area contributed by atoms with E-state index in [-0.39, 0.29) is 0 Å². The summed E-state index contributed by atoms with van der Waals surface area (Å²) in [5, 5.41) is 15.0. The molecule has 0 amide bonds. The molecule has 0 radical (unpaired) electrons. The Morgan fingerprint density at radius 1 is 0.271 bits per heavy atom. The maximum Gasteiger partial charge on any atom is 0.0722 e. The Kier molecular flexibility index (Phi) is 5.94. The summed E-state index contributed by atoms with van der Waals surface area (Å²) >= 11 is 0. The van der Waals surface area contributed by atoms with E-state index >= 15 is 0 Å². The summed E-state index contributed by atoms with van der Waals surface area (Å²) in [5.74, 6) is 0. The molecule has 48 heavy (non-hydrogen) atoms. The molecule has 0 aliphatic heterocycles. The molecule has 1 heterocycles. The first-order valence-corrected chi connectivity index (χ1v) is 16.6. The van der Waals surface area contributed by atoms with Crippen LogP contribution in [-0.4, -0.2) is 4.98 Å². The highest BCUT2D eigenvalue weighted by Crippen LogP contribution is 2.45. The number of aromatic nitrogens is 1. The second-order valence-corrected chi connectivity index (χ2v) is 12.6. The molecule has 0 spiro atoms. The van der Waals surface area contributed by atoms with Crippen molar-refractivity contribution in [3.63, 3.8) is 0 Å². The van der Waals surface area contributed by atoms with Gasteiger partial charge in [-0.25, -0.2) is 4.98 Å². The van der Waals surface area contributed by atoms with Gasteiger partial charge in [0.2, 0.25) is 0 Å². The number of hydrogen-bond donors (Lipinski definition) is 0. The van der Waals surface area contributed by atoms with Crippen molar-refractivity contribution < 1.29 is 0 Å². The van der Waals surface area contributed by atoms with E-state index in [0.717, 1.165) is 17.0 Å². The summed E-state index contributed by atoms with van der Waals surface area (Å²) in [6.07, 6.45) is 0. The van der Waals surface area contributed by atoms with Crippen molar-refractivity contribution in [2.45, 2.75) is 0 Å². The lowest BCUT2D eigenvalue weighted by atomic mass is 9.85. The Morgan fingerprint density at radius 3 is 1.33 bits per heavy atom. The van der Waals surface area contributed by atoms with Gasteiger partial charge in [0.05, 0.1) is 11.4 Å². The average molecular weight is 608 g/mol. The highest BCUT2D eigenvalue weighted by molar-refractivity contribution is 6.27. The molecule has 10 aromatic rings. The summed E-state index contributed by atoms with van der Waals surface area (Å²) < 4.78 is 0. The van der Waals surface area contributed by atoms with E-state index < -0.39 is 0 Å². The highest BCUT2D eigenvalue weighted by Gasteiger charge is 2.19. The molecule has 0 bridgehead atoms. The molecule has 0 atom stereocenters. The zero-order valence-corrected chi connectivity index (χ0v) is 26.2. The van der Waals surface area contributed by atoms with Crippen LogP contribution in [0.2, 0.25) is 0 Å². The van der Waals surface area contributed by atoms with Crippen LogP contribution in [0.1, 0.15) is 0 Å². The number of nitrogens with zero attached hydrogens (tertiary/aromatic N) is 1. The van der Waals surface area contributed by atoms with Gasteiger partial charge in [-0.3, -0.25) is 0 Å². The van der Waals surface area contributed by atoms with Crippen LogP contribution < -0.4 is 0 Å². The third kappa shape index (κ3) is 4.01. The summed E-state index contributed by atoms with van der Waals surface area (Å²) in [6, 6.07) is 63.8. The predicted octanol–water partition coefficient (Wildman–Crippen LogP) is 13.0. The molecule has 0 saturated carbocycles. The summed E-state index contributed by atoms with van der Waals surface area (Å²) in [7, 11) is 0. The molecule has 1 heteroatoms. The van der Waals surface area contributed by atoms with Crippen LogP contribution >= 0.6 is 0 Å². The first kappa shape index (κ1) is 26.9. The van der Waals surface area contributed by atoms with Crippen LogP contribution in [0.25, 0.3) is 98.3 Å². The van der Waals surface area contributed by atoms with Gasteiger partial charge in [0.25, 0.3) is 0 Å². The topological polar surface area (TPSA) is 12.9 Å². The van der Waals surface area contributed by atoms with E-state index in [2.05, 4.69) is 176 Å². The summed E-state index contributed by atoms with van der Waals surface area (Å²) in [5.41, 5.74) is 6.76. The number of pyridine rings is 1. The summed E-state index contributed by atoms with van der Waals surface area (Å²) in [4.78, 5) is 5.37. The lowest BCUT2D eigenvalue weighted by Crippen LogP contribution is -1.94. The first-order chi connectivity index (χ1) is 23.8. The molecule has 0 aliphatic rings. The van der Waals surface area contributed by atoms with Crippen LogP contribution in [-0.2, 0) is 0 Å². The van der Waals surface area contributed by atoms with Crippen LogP contribution in [0, 0.1) is 0 Å². The Morgan fingerprint density at radius 2 is 0.708 bits per heavy atom. The van der Waals surface area contributed by atoms with Gasteiger partial charge in [0.15, 0.2) is 0 Å². The van der Waals surface area contributed by atoms with Gasteiger partial charge in [0, 0.05) is 11.1 Å². The van der Waals surface area contributed by atoms with Gasteiger partial charge in [-0.2, -0.15) is 0 Å². The fraction of sp³-hybridized carbons (Fsp3) is 0. The number of fused-ring (bicyclic) bond motifs is 9. The highest BCUT2D eigenvalue weighted by atomic mass is 14.7. The van der Waals surface area contributed by atoms with Crippen molar-refractivity contribution in [1.29, 1.82) is 0 Å². The van der Waals surface area contributed by atoms with E-state index in [1.807, 2.05) is 0 Å². The van der Waals surface area contributed by atoms with Gasteiger partial charge >= 0.3 is 0 Å². The lowest BCUT2D eigenvalue weighted by Gasteiger charge is -2.18. The monoisotopic (exact) mass is 607 g/mol. The van der Waals surface area contributed by atoms with Gasteiger partial charge < -0.3 is 0 Å². The molecule has 0 fully saturated rings. The Bertz CT molecular complexity index is 2800. The maximum atomic E-state index is 5.37. The molecule has 0 saturated heterocycles. The van der Waals surface area contributed by atoms with Gasteiger partial charge in [-0.15, -0.1) is 0 Å². The minimum absolute atomic E-state index is 0.982. The quantitative estimate of drug-likeness (QED) is 0.144. The SMILES string of the molecule is c1cc(-c2cccc3ccccc23)nc(-c2c3ccccc3c(-c3ccc4c5ccccc5c5ccccc5c4c3)c3ccccc23)c1. The third-order valence-electron chi connectivity index (χ3n) is 10.0. The van der Waals surface area contributed by atoms with Crippen molar-refractivity contribution in [2.75, 3.05) is 0 Å². The molecule has 10 rings (SSSR count). The van der Waals surface area contributed by atoms with E-state index in [1.54, 1.807) is 0 Å². The van der Waals surface area contributed by atoms with Crippen molar-refractivity contribution in [2.24, 2.45) is 0 Å². The molecule has 1 nitrogen and oxygen atoms in total. The third-order valence-corrected chi connectivity index (χ3v) is 10.0. The van der Waals surface area contributed by atoms with E-state index in [0.29, 0.717) is 0 Å². The zero-order chi connectivity index (χ0) is 31.6. The number of rotatable bonds is 3. The molecule has 0 N–H and O–H groups in total. The Labute approximate surface area is 278 Å². The van der Waals surface area contributed by atoms with Crippen LogP contribution in [0.5, 0.6) is 0 Å². The van der Waals surface area contributed by atoms with Gasteiger partial charge in [-0.05, 0) is 94.0 Å². The molecular formula is C47H29N. The maximum absolute atomic E-state index is 5.37. The number of benzene rings is 9. The van der Waals surface area contributed by atoms with Crippen molar-refractivity contribution in [3.8, 4) is 33.6 Å². The minimum Gasteiger partial charge on any atom is -0.248 e. The van der Waals surface area contributed by atoms with Crippen molar-refractivity contribution in [3.05, 3.63) is 176 Å². The number of hydrogen-bond acceptors (Lipinski definition) is 1. The first-order valence-electron chi connectivity index (χ1n) is 16.6. The minimum atomic E-state index is 0.982. The van der Waals surface area contributed by atoms with Crippen LogP contribution in [0.3, 0.4) is 0 Å². The smallest absolute Gasteiger partial charge is 0.0722 e. The Hall–Kier alpha value is -6.31. The second-order valence-electron chi connectivity index (χ2n) is 12.6. The normalized spacial score (nSPS) is 11.8. The molecular weight excluding hydrogens is 579 g/mol. The zero-order valence-electron chi connectivity index (χ0n) is 26.2. The largest absolute Gasteiger partial charge is 0.248 e. The fourth-order valence-electron chi connectivity index (χ4n) is 7.95. The average Bonchev–Trinajstić information content (AvgIpc) is 3.16. The molecule has 222 valence electrons. The van der Waals surface area contributed by atoms with Crippen molar-refractivity contribution in [1.82, 2.24) is 4.98 Å². The van der Waals surface area contributed by atoms with E-state index in [9.17, 15) is 0 Å². The predicted molar refractivity (Wildman–Crippen MR) is 206 cm³/mol. The van der Waals surface area contributed by atoms with Gasteiger partial charge in [0.1, 0.15) is 0 Å². The van der Waals surface area contributed by atoms with Gasteiger partial charge in [-0.1, -0.05) is 158 Å². The summed E-state index contributed by atoms with van der Waals surface area (Å²) in [6.45, 7) is 0. The van der Waals surface area contributed by atoms with Crippen LogP contribution in [0.15, 0.2) is 176 Å². The Balaban J connectivity index is 1.26. The standard InChI is InChI=1S/C47H29N/c1-2-15-32-30(13-1)14-11-24-38(32)44-25-12-26-45(48-44)47-41-22-9-7-20-39(41)46(40-21-8-10-23-42(40)47)31-27-28-37-35-18-4-3-16-33(35)34-17-5-6-19-36(34)43(37)29-31/h1-29H. The van der Waals surface area contributed by atoms with E-state index in [1.165, 1.54) is 81.3 Å². The van der Waals surface area contributed by atoms with Crippen molar-refractivity contribution >= 4 is 64.6 Å².